The fourth-order valence-corrected chi connectivity index (χ4v) is 9.15. The molecule has 10 aromatic rings. The summed E-state index contributed by atoms with van der Waals surface area (Å²) in [6, 6.07) is 68.8. The number of benzene rings is 8. The maximum atomic E-state index is 5.27. The molecule has 0 spiro atoms. The molecule has 0 amide bonds. The van der Waals surface area contributed by atoms with E-state index in [0.29, 0.717) is 5.92 Å². The lowest BCUT2D eigenvalue weighted by Gasteiger charge is -2.22. The molecule has 2 nitrogen and oxygen atoms in total. The first-order valence-corrected chi connectivity index (χ1v) is 20.2. The lowest BCUT2D eigenvalue weighted by atomic mass is 9.86. The van der Waals surface area contributed by atoms with Gasteiger partial charge >= 0.3 is 0 Å². The van der Waals surface area contributed by atoms with Crippen molar-refractivity contribution in [3.63, 3.8) is 0 Å². The van der Waals surface area contributed by atoms with Crippen LogP contribution in [-0.2, 0) is 0 Å². The highest BCUT2D eigenvalue weighted by atomic mass is 15.0. The van der Waals surface area contributed by atoms with Gasteiger partial charge in [-0.1, -0.05) is 171 Å². The van der Waals surface area contributed by atoms with E-state index in [9.17, 15) is 0 Å². The number of nitrogens with zero attached hydrogens (tertiary/aromatic N) is 2. The van der Waals surface area contributed by atoms with Crippen LogP contribution in [0.15, 0.2) is 212 Å². The standard InChI is InChI=1S/C56H40N2/c1-37-14-5-8-23-46(37)54-36-44(35-53(57-54)40-17-3-2-4-18-40)41-21-11-22-45(32-41)58-55-30-28-42(49-26-12-19-38-15-6-9-24-47(38)49)33-51(55)52-34-43(29-31-56(52)58)50-27-13-20-39-16-7-10-25-48(39)50/h2-37,46H,1H3. The zero-order valence-corrected chi connectivity index (χ0v) is 32.3. The number of aromatic nitrogens is 2. The van der Waals surface area contributed by atoms with E-state index in [1.165, 1.54) is 65.6 Å². The van der Waals surface area contributed by atoms with E-state index < -0.39 is 0 Å². The molecule has 1 aliphatic rings. The van der Waals surface area contributed by atoms with E-state index in [1.54, 1.807) is 0 Å². The minimum Gasteiger partial charge on any atom is -0.309 e. The topological polar surface area (TPSA) is 17.8 Å². The summed E-state index contributed by atoms with van der Waals surface area (Å²) in [7, 11) is 0. The Morgan fingerprint density at radius 3 is 1.64 bits per heavy atom. The van der Waals surface area contributed by atoms with Crippen LogP contribution in [0.25, 0.3) is 93.7 Å². The van der Waals surface area contributed by atoms with Gasteiger partial charge in [0.15, 0.2) is 0 Å². The first-order valence-electron chi connectivity index (χ1n) is 20.2. The van der Waals surface area contributed by atoms with Gasteiger partial charge in [-0.05, 0) is 109 Å². The minimum atomic E-state index is 0.208. The van der Waals surface area contributed by atoms with Crippen molar-refractivity contribution in [3.05, 3.63) is 218 Å². The molecule has 1 aliphatic carbocycles. The van der Waals surface area contributed by atoms with Crippen LogP contribution in [-0.4, -0.2) is 9.55 Å². The SMILES string of the molecule is CC1C=CC=CC1c1cc(-c2cccc(-n3c4ccc(-c5cccc6ccccc56)cc4c4cc(-c5cccc6ccccc56)ccc43)c2)cc(-c2ccccc2)n1. The number of rotatable bonds is 6. The predicted octanol–water partition coefficient (Wildman–Crippen LogP) is 15.0. The van der Waals surface area contributed by atoms with Gasteiger partial charge in [0, 0.05) is 33.6 Å². The first-order chi connectivity index (χ1) is 28.7. The van der Waals surface area contributed by atoms with Crippen molar-refractivity contribution in [2.75, 3.05) is 0 Å². The van der Waals surface area contributed by atoms with Crippen LogP contribution in [0, 0.1) is 5.92 Å². The molecular weight excluding hydrogens is 701 g/mol. The quantitative estimate of drug-likeness (QED) is 0.166. The largest absolute Gasteiger partial charge is 0.309 e. The fraction of sp³-hybridized carbons (Fsp3) is 0.0536. The van der Waals surface area contributed by atoms with Crippen LogP contribution >= 0.6 is 0 Å². The number of hydrogen-bond acceptors (Lipinski definition) is 1. The molecule has 0 N–H and O–H groups in total. The Balaban J connectivity index is 1.12. The van der Waals surface area contributed by atoms with Gasteiger partial charge in [0.25, 0.3) is 0 Å². The average molecular weight is 741 g/mol. The highest BCUT2D eigenvalue weighted by molar-refractivity contribution is 6.13. The van der Waals surface area contributed by atoms with Gasteiger partial charge in [-0.3, -0.25) is 4.98 Å². The van der Waals surface area contributed by atoms with Crippen LogP contribution in [0.4, 0.5) is 0 Å². The van der Waals surface area contributed by atoms with Crippen molar-refractivity contribution in [3.8, 4) is 50.3 Å². The van der Waals surface area contributed by atoms with Gasteiger partial charge in [0.2, 0.25) is 0 Å². The summed E-state index contributed by atoms with van der Waals surface area (Å²) in [4.78, 5) is 5.27. The molecule has 0 saturated carbocycles. The molecule has 0 saturated heterocycles. The Morgan fingerprint density at radius 2 is 0.983 bits per heavy atom. The zero-order chi connectivity index (χ0) is 38.6. The minimum absolute atomic E-state index is 0.208. The molecule has 2 atom stereocenters. The molecule has 2 aromatic heterocycles. The van der Waals surface area contributed by atoms with Crippen LogP contribution in [0.5, 0.6) is 0 Å². The Bertz CT molecular complexity index is 3110. The Labute approximate surface area is 338 Å². The zero-order valence-electron chi connectivity index (χ0n) is 32.3. The number of fused-ring (bicyclic) bond motifs is 5. The number of allylic oxidation sites excluding steroid dienone is 4. The molecule has 0 radical (unpaired) electrons. The molecule has 58 heavy (non-hydrogen) atoms. The summed E-state index contributed by atoms with van der Waals surface area (Å²) in [5.41, 5.74) is 13.9. The normalized spacial score (nSPS) is 15.2. The lowest BCUT2D eigenvalue weighted by molar-refractivity contribution is 0.621. The van der Waals surface area contributed by atoms with Crippen molar-refractivity contribution in [1.82, 2.24) is 9.55 Å². The van der Waals surface area contributed by atoms with E-state index in [4.69, 9.17) is 4.98 Å². The summed E-state index contributed by atoms with van der Waals surface area (Å²) in [5.74, 6) is 0.567. The van der Waals surface area contributed by atoms with Crippen molar-refractivity contribution >= 4 is 43.4 Å². The summed E-state index contributed by atoms with van der Waals surface area (Å²) in [6.45, 7) is 2.28. The Hall–Kier alpha value is -7.29. The van der Waals surface area contributed by atoms with Crippen molar-refractivity contribution in [2.45, 2.75) is 12.8 Å². The number of hydrogen-bond donors (Lipinski definition) is 0. The van der Waals surface area contributed by atoms with Gasteiger partial charge < -0.3 is 4.57 Å². The molecule has 2 unspecified atom stereocenters. The first kappa shape index (κ1) is 34.0. The third-order valence-corrected chi connectivity index (χ3v) is 12.1. The lowest BCUT2D eigenvalue weighted by Crippen LogP contribution is -2.10. The summed E-state index contributed by atoms with van der Waals surface area (Å²) in [5, 5.41) is 7.49. The van der Waals surface area contributed by atoms with Crippen molar-refractivity contribution < 1.29 is 0 Å². The molecule has 11 rings (SSSR count). The van der Waals surface area contributed by atoms with E-state index >= 15 is 0 Å². The molecule has 0 fully saturated rings. The molecule has 8 aromatic carbocycles. The molecule has 0 aliphatic heterocycles. The summed E-state index contributed by atoms with van der Waals surface area (Å²) >= 11 is 0. The predicted molar refractivity (Wildman–Crippen MR) is 246 cm³/mol. The van der Waals surface area contributed by atoms with Gasteiger partial charge in [-0.2, -0.15) is 0 Å². The highest BCUT2D eigenvalue weighted by Crippen LogP contribution is 2.41. The summed E-state index contributed by atoms with van der Waals surface area (Å²) in [6.07, 6.45) is 8.87. The summed E-state index contributed by atoms with van der Waals surface area (Å²) < 4.78 is 2.45. The second-order valence-corrected chi connectivity index (χ2v) is 15.6. The highest BCUT2D eigenvalue weighted by Gasteiger charge is 2.21. The third kappa shape index (κ3) is 5.85. The smallest absolute Gasteiger partial charge is 0.0711 e. The second-order valence-electron chi connectivity index (χ2n) is 15.6. The number of pyridine rings is 1. The monoisotopic (exact) mass is 740 g/mol. The van der Waals surface area contributed by atoms with E-state index in [1.807, 2.05) is 0 Å². The van der Waals surface area contributed by atoms with Gasteiger partial charge in [0.05, 0.1) is 16.7 Å². The van der Waals surface area contributed by atoms with E-state index in [-0.39, 0.29) is 5.92 Å². The molecule has 2 heterocycles. The van der Waals surface area contributed by atoms with Gasteiger partial charge in [-0.25, -0.2) is 0 Å². The van der Waals surface area contributed by atoms with Crippen LogP contribution in [0.3, 0.4) is 0 Å². The van der Waals surface area contributed by atoms with Crippen LogP contribution in [0.2, 0.25) is 0 Å². The van der Waals surface area contributed by atoms with E-state index in [2.05, 4.69) is 224 Å². The Kier molecular flexibility index (Phi) is 8.22. The maximum Gasteiger partial charge on any atom is 0.0711 e. The van der Waals surface area contributed by atoms with Gasteiger partial charge in [-0.15, -0.1) is 0 Å². The van der Waals surface area contributed by atoms with E-state index in [0.717, 1.165) is 33.8 Å². The maximum absolute atomic E-state index is 5.27. The molecular formula is C56H40N2. The van der Waals surface area contributed by atoms with Crippen LogP contribution in [0.1, 0.15) is 18.5 Å². The van der Waals surface area contributed by atoms with Gasteiger partial charge in [0.1, 0.15) is 0 Å². The fourth-order valence-electron chi connectivity index (χ4n) is 9.15. The van der Waals surface area contributed by atoms with Crippen molar-refractivity contribution in [1.29, 1.82) is 0 Å². The second kappa shape index (κ2) is 14.0. The Morgan fingerprint density at radius 1 is 0.414 bits per heavy atom. The molecule has 274 valence electrons. The van der Waals surface area contributed by atoms with Crippen molar-refractivity contribution in [2.24, 2.45) is 5.92 Å². The average Bonchev–Trinajstić information content (AvgIpc) is 3.62. The molecule has 2 heteroatoms. The van der Waals surface area contributed by atoms with Crippen LogP contribution < -0.4 is 0 Å². The third-order valence-electron chi connectivity index (χ3n) is 12.1. The molecule has 0 bridgehead atoms.